The van der Waals surface area contributed by atoms with Crippen LogP contribution >= 0.6 is 0 Å². The highest BCUT2D eigenvalue weighted by atomic mass is 16.3. The minimum atomic E-state index is -0.423. The zero-order valence-electron chi connectivity index (χ0n) is 10.6. The van der Waals surface area contributed by atoms with Gasteiger partial charge in [0.1, 0.15) is 6.54 Å². The first-order chi connectivity index (χ1) is 9.08. The van der Waals surface area contributed by atoms with Crippen LogP contribution in [0.2, 0.25) is 0 Å². The van der Waals surface area contributed by atoms with Crippen molar-refractivity contribution in [3.05, 3.63) is 34.7 Å². The molecule has 2 aromatic rings. The molecular weight excluding hydrogens is 246 g/mol. The number of benzene rings is 1. The molecule has 1 aromatic heterocycles. The molecule has 0 aliphatic carbocycles. The number of aliphatic hydroxyl groups excluding tert-OH is 1. The average Bonchev–Trinajstić information content (AvgIpc) is 2.61. The van der Waals surface area contributed by atoms with Crippen molar-refractivity contribution in [1.82, 2.24) is 14.0 Å². The Hall–Kier alpha value is -2.08. The van der Waals surface area contributed by atoms with Crippen molar-refractivity contribution < 1.29 is 9.90 Å². The molecule has 0 radical (unpaired) electrons. The highest BCUT2D eigenvalue weighted by Gasteiger charge is 2.29. The molecule has 1 aliphatic rings. The van der Waals surface area contributed by atoms with E-state index in [-0.39, 0.29) is 18.1 Å². The number of imidazole rings is 1. The third-order valence-electron chi connectivity index (χ3n) is 3.56. The fourth-order valence-electron chi connectivity index (χ4n) is 2.41. The second-order valence-corrected chi connectivity index (χ2v) is 4.87. The summed E-state index contributed by atoms with van der Waals surface area (Å²) in [6.07, 6.45) is -0.423. The van der Waals surface area contributed by atoms with Gasteiger partial charge in [-0.2, -0.15) is 0 Å². The van der Waals surface area contributed by atoms with Crippen molar-refractivity contribution in [2.75, 3.05) is 13.1 Å². The maximum atomic E-state index is 12.1. The van der Waals surface area contributed by atoms with Gasteiger partial charge in [0.15, 0.2) is 0 Å². The fraction of sp³-hybridized carbons (Fsp3) is 0.385. The summed E-state index contributed by atoms with van der Waals surface area (Å²) in [7, 11) is 1.69. The maximum Gasteiger partial charge on any atom is 0.329 e. The van der Waals surface area contributed by atoms with Crippen LogP contribution in [-0.4, -0.2) is 44.2 Å². The SMILES string of the molecule is Cn1c(=O)n(CC(=O)N2CC(O)C2)c2ccccc21. The Kier molecular flexibility index (Phi) is 2.67. The molecule has 1 aliphatic heterocycles. The van der Waals surface area contributed by atoms with Gasteiger partial charge in [0.25, 0.3) is 0 Å². The first-order valence-electron chi connectivity index (χ1n) is 6.18. The zero-order valence-corrected chi connectivity index (χ0v) is 10.6. The van der Waals surface area contributed by atoms with Gasteiger partial charge in [-0.25, -0.2) is 4.79 Å². The van der Waals surface area contributed by atoms with Crippen LogP contribution in [0.3, 0.4) is 0 Å². The summed E-state index contributed by atoms with van der Waals surface area (Å²) >= 11 is 0. The Morgan fingerprint density at radius 2 is 1.95 bits per heavy atom. The molecular formula is C13H15N3O3. The van der Waals surface area contributed by atoms with E-state index in [0.29, 0.717) is 13.1 Å². The number of likely N-dealkylation sites (tertiary alicyclic amines) is 1. The highest BCUT2D eigenvalue weighted by molar-refractivity contribution is 5.81. The molecule has 6 heteroatoms. The normalized spacial score (nSPS) is 15.8. The Morgan fingerprint density at radius 3 is 2.58 bits per heavy atom. The van der Waals surface area contributed by atoms with Crippen molar-refractivity contribution >= 4 is 16.9 Å². The Morgan fingerprint density at radius 1 is 1.32 bits per heavy atom. The summed E-state index contributed by atoms with van der Waals surface area (Å²) in [5.41, 5.74) is 1.36. The maximum absolute atomic E-state index is 12.1. The molecule has 1 N–H and O–H groups in total. The van der Waals surface area contributed by atoms with Gasteiger partial charge in [-0.15, -0.1) is 0 Å². The molecule has 0 saturated carbocycles. The van der Waals surface area contributed by atoms with Gasteiger partial charge in [0, 0.05) is 20.1 Å². The molecule has 100 valence electrons. The summed E-state index contributed by atoms with van der Waals surface area (Å²) in [5, 5.41) is 9.20. The van der Waals surface area contributed by atoms with Crippen molar-refractivity contribution in [1.29, 1.82) is 0 Å². The Labute approximate surface area is 109 Å². The zero-order chi connectivity index (χ0) is 13.6. The molecule has 0 bridgehead atoms. The van der Waals surface area contributed by atoms with Crippen molar-refractivity contribution in [3.63, 3.8) is 0 Å². The third-order valence-corrected chi connectivity index (χ3v) is 3.56. The minimum absolute atomic E-state index is 0.0207. The number of fused-ring (bicyclic) bond motifs is 1. The Bertz CT molecular complexity index is 695. The van der Waals surface area contributed by atoms with Gasteiger partial charge in [-0.3, -0.25) is 13.9 Å². The molecule has 3 rings (SSSR count). The minimum Gasteiger partial charge on any atom is -0.389 e. The third kappa shape index (κ3) is 1.84. The molecule has 0 unspecified atom stereocenters. The summed E-state index contributed by atoms with van der Waals surface area (Å²) in [4.78, 5) is 25.7. The number of aliphatic hydroxyl groups is 1. The van der Waals surface area contributed by atoms with Crippen LogP contribution in [0, 0.1) is 0 Å². The van der Waals surface area contributed by atoms with E-state index >= 15 is 0 Å². The van der Waals surface area contributed by atoms with Gasteiger partial charge >= 0.3 is 5.69 Å². The number of hydrogen-bond acceptors (Lipinski definition) is 3. The lowest BCUT2D eigenvalue weighted by atomic mass is 10.2. The first-order valence-corrected chi connectivity index (χ1v) is 6.18. The fourth-order valence-corrected chi connectivity index (χ4v) is 2.41. The second-order valence-electron chi connectivity index (χ2n) is 4.87. The number of hydrogen-bond donors (Lipinski definition) is 1. The number of amides is 1. The summed E-state index contributed by atoms with van der Waals surface area (Å²) in [5.74, 6) is -0.135. The number of β-amino-alcohol motifs (C(OH)–C–C–N with tert-alkyl or cyclic N) is 1. The van der Waals surface area contributed by atoms with Crippen LogP contribution in [0.15, 0.2) is 29.1 Å². The monoisotopic (exact) mass is 261 g/mol. The molecule has 19 heavy (non-hydrogen) atoms. The van der Waals surface area contributed by atoms with Crippen LogP contribution in [0.1, 0.15) is 0 Å². The van der Waals surface area contributed by atoms with E-state index in [2.05, 4.69) is 0 Å². The number of nitrogens with zero attached hydrogens (tertiary/aromatic N) is 3. The molecule has 0 atom stereocenters. The van der Waals surface area contributed by atoms with Gasteiger partial charge in [0.05, 0.1) is 17.1 Å². The number of aromatic nitrogens is 2. The largest absolute Gasteiger partial charge is 0.389 e. The molecule has 2 heterocycles. The Balaban J connectivity index is 1.95. The lowest BCUT2D eigenvalue weighted by molar-refractivity contribution is -0.141. The standard InChI is InChI=1S/C13H15N3O3/c1-14-10-4-2-3-5-11(10)16(13(14)19)8-12(18)15-6-9(17)7-15/h2-5,9,17H,6-8H2,1H3. The van der Waals surface area contributed by atoms with Gasteiger partial charge in [-0.05, 0) is 12.1 Å². The van der Waals surface area contributed by atoms with Gasteiger partial charge < -0.3 is 10.0 Å². The van der Waals surface area contributed by atoms with E-state index in [1.54, 1.807) is 11.9 Å². The van der Waals surface area contributed by atoms with E-state index in [1.165, 1.54) is 9.13 Å². The van der Waals surface area contributed by atoms with Crippen molar-refractivity contribution in [2.45, 2.75) is 12.6 Å². The van der Waals surface area contributed by atoms with Crippen LogP contribution in [0.5, 0.6) is 0 Å². The predicted molar refractivity (Wildman–Crippen MR) is 69.8 cm³/mol. The quantitative estimate of drug-likeness (QED) is 0.795. The average molecular weight is 261 g/mol. The number of aryl methyl sites for hydroxylation is 1. The number of carbonyl (C=O) groups excluding carboxylic acids is 1. The molecule has 1 fully saturated rings. The second kappa shape index (κ2) is 4.24. The molecule has 1 saturated heterocycles. The van der Waals surface area contributed by atoms with E-state index in [4.69, 9.17) is 0 Å². The van der Waals surface area contributed by atoms with Gasteiger partial charge in [0.2, 0.25) is 5.91 Å². The van der Waals surface area contributed by atoms with E-state index in [1.807, 2.05) is 24.3 Å². The number of carbonyl (C=O) groups is 1. The molecule has 1 aromatic carbocycles. The van der Waals surface area contributed by atoms with Crippen LogP contribution in [-0.2, 0) is 18.4 Å². The summed E-state index contributed by atoms with van der Waals surface area (Å²) in [6.45, 7) is 0.740. The predicted octanol–water partition coefficient (Wildman–Crippen LogP) is -0.457. The number of rotatable bonds is 2. The van der Waals surface area contributed by atoms with Crippen LogP contribution < -0.4 is 5.69 Å². The first kappa shape index (κ1) is 12.0. The smallest absolute Gasteiger partial charge is 0.329 e. The van der Waals surface area contributed by atoms with E-state index in [0.717, 1.165) is 11.0 Å². The van der Waals surface area contributed by atoms with E-state index in [9.17, 15) is 14.7 Å². The summed E-state index contributed by atoms with van der Waals surface area (Å²) in [6, 6.07) is 7.38. The van der Waals surface area contributed by atoms with Crippen molar-refractivity contribution in [3.8, 4) is 0 Å². The highest BCUT2D eigenvalue weighted by Crippen LogP contribution is 2.13. The molecule has 6 nitrogen and oxygen atoms in total. The lowest BCUT2D eigenvalue weighted by Gasteiger charge is -2.35. The molecule has 1 amide bonds. The topological polar surface area (TPSA) is 67.5 Å². The molecule has 0 spiro atoms. The number of para-hydroxylation sites is 2. The van der Waals surface area contributed by atoms with Gasteiger partial charge in [-0.1, -0.05) is 12.1 Å². The lowest BCUT2D eigenvalue weighted by Crippen LogP contribution is -2.54. The van der Waals surface area contributed by atoms with Crippen molar-refractivity contribution in [2.24, 2.45) is 7.05 Å². The van der Waals surface area contributed by atoms with Crippen LogP contribution in [0.4, 0.5) is 0 Å². The van der Waals surface area contributed by atoms with E-state index < -0.39 is 6.10 Å². The van der Waals surface area contributed by atoms with Crippen LogP contribution in [0.25, 0.3) is 11.0 Å². The summed E-state index contributed by atoms with van der Waals surface area (Å²) < 4.78 is 3.01.